The Bertz CT molecular complexity index is 1390. The van der Waals surface area contributed by atoms with Gasteiger partial charge >= 0.3 is 0 Å². The minimum atomic E-state index is -0.440. The molecule has 0 bridgehead atoms. The second-order valence-electron chi connectivity index (χ2n) is 6.77. The number of benzene rings is 3. The van der Waals surface area contributed by atoms with Crippen molar-refractivity contribution in [3.8, 4) is 11.3 Å². The number of hydrogen-bond donors (Lipinski definition) is 3. The van der Waals surface area contributed by atoms with Crippen molar-refractivity contribution in [1.82, 2.24) is 21.0 Å². The van der Waals surface area contributed by atoms with Crippen LogP contribution in [0.5, 0.6) is 0 Å². The van der Waals surface area contributed by atoms with E-state index in [1.807, 2.05) is 54.6 Å². The van der Waals surface area contributed by atoms with E-state index in [0.29, 0.717) is 22.4 Å². The Hall–Kier alpha value is -4.39. The van der Waals surface area contributed by atoms with Gasteiger partial charge in [-0.05, 0) is 24.3 Å². The van der Waals surface area contributed by atoms with E-state index < -0.39 is 11.8 Å². The molecular weight excluding hydrogens is 380 g/mol. The Balaban J connectivity index is 1.36. The lowest BCUT2D eigenvalue weighted by molar-refractivity contribution is 0.0847. The highest BCUT2D eigenvalue weighted by atomic mass is 16.5. The number of aromatic nitrogens is 2. The second-order valence-corrected chi connectivity index (χ2v) is 6.77. The molecule has 30 heavy (non-hydrogen) atoms. The number of nitrogens with one attached hydrogen (secondary N) is 3. The third kappa shape index (κ3) is 3.08. The number of aromatic amines is 1. The van der Waals surface area contributed by atoms with E-state index in [-0.39, 0.29) is 0 Å². The normalized spacial score (nSPS) is 10.9. The van der Waals surface area contributed by atoms with Gasteiger partial charge in [-0.2, -0.15) is 0 Å². The zero-order valence-electron chi connectivity index (χ0n) is 15.7. The number of hydrazine groups is 1. The van der Waals surface area contributed by atoms with Crippen LogP contribution in [0.25, 0.3) is 33.1 Å². The Labute approximate surface area is 170 Å². The van der Waals surface area contributed by atoms with Crippen molar-refractivity contribution in [2.45, 2.75) is 0 Å². The Morgan fingerprint density at radius 3 is 2.47 bits per heavy atom. The summed E-state index contributed by atoms with van der Waals surface area (Å²) in [4.78, 5) is 28.1. The molecular formula is C23H16N4O3. The summed E-state index contributed by atoms with van der Waals surface area (Å²) >= 11 is 0. The highest BCUT2D eigenvalue weighted by Crippen LogP contribution is 2.29. The zero-order chi connectivity index (χ0) is 20.5. The van der Waals surface area contributed by atoms with Crippen molar-refractivity contribution >= 4 is 33.6 Å². The molecule has 0 atom stereocenters. The number of para-hydroxylation sites is 1. The van der Waals surface area contributed by atoms with Gasteiger partial charge in [0.2, 0.25) is 0 Å². The van der Waals surface area contributed by atoms with Crippen LogP contribution in [-0.2, 0) is 0 Å². The maximum Gasteiger partial charge on any atom is 0.271 e. The number of carbonyl (C=O) groups is 2. The Kier molecular flexibility index (Phi) is 4.25. The molecule has 3 N–H and O–H groups in total. The molecule has 0 fully saturated rings. The molecule has 5 aromatic rings. The van der Waals surface area contributed by atoms with Crippen molar-refractivity contribution in [3.63, 3.8) is 0 Å². The van der Waals surface area contributed by atoms with Crippen LogP contribution in [0, 0.1) is 0 Å². The monoisotopic (exact) mass is 396 g/mol. The first-order chi connectivity index (χ1) is 14.7. The summed E-state index contributed by atoms with van der Waals surface area (Å²) in [5.41, 5.74) is 8.12. The lowest BCUT2D eigenvalue weighted by Gasteiger charge is -2.07. The first kappa shape index (κ1) is 17.7. The van der Waals surface area contributed by atoms with Crippen molar-refractivity contribution in [3.05, 3.63) is 90.1 Å². The highest BCUT2D eigenvalue weighted by Gasteiger charge is 2.16. The van der Waals surface area contributed by atoms with Crippen LogP contribution in [0.4, 0.5) is 0 Å². The molecule has 146 valence electrons. The Morgan fingerprint density at radius 1 is 0.833 bits per heavy atom. The lowest BCUT2D eigenvalue weighted by Crippen LogP contribution is -2.41. The quantitative estimate of drug-likeness (QED) is 0.401. The fraction of sp³-hybridized carbons (Fsp3) is 0. The molecule has 0 aliphatic carbocycles. The molecule has 2 amide bonds. The van der Waals surface area contributed by atoms with E-state index in [2.05, 4.69) is 21.0 Å². The van der Waals surface area contributed by atoms with E-state index in [1.165, 1.54) is 0 Å². The molecule has 7 nitrogen and oxygen atoms in total. The second kappa shape index (κ2) is 7.21. The molecule has 0 saturated heterocycles. The first-order valence-corrected chi connectivity index (χ1v) is 9.32. The maximum atomic E-state index is 12.6. The van der Waals surface area contributed by atoms with Crippen molar-refractivity contribution < 1.29 is 14.1 Å². The molecule has 2 aromatic heterocycles. The lowest BCUT2D eigenvalue weighted by atomic mass is 10.1. The van der Waals surface area contributed by atoms with Crippen LogP contribution in [-0.4, -0.2) is 22.0 Å². The summed E-state index contributed by atoms with van der Waals surface area (Å²) < 4.78 is 5.47. The molecule has 7 heteroatoms. The van der Waals surface area contributed by atoms with Gasteiger partial charge in [-0.25, -0.2) is 0 Å². The van der Waals surface area contributed by atoms with Crippen molar-refractivity contribution in [1.29, 1.82) is 0 Å². The van der Waals surface area contributed by atoms with E-state index >= 15 is 0 Å². The van der Waals surface area contributed by atoms with Crippen molar-refractivity contribution in [2.75, 3.05) is 0 Å². The van der Waals surface area contributed by atoms with Crippen LogP contribution >= 0.6 is 0 Å². The van der Waals surface area contributed by atoms with E-state index in [4.69, 9.17) is 4.52 Å². The smallest absolute Gasteiger partial charge is 0.271 e. The topological polar surface area (TPSA) is 100 Å². The van der Waals surface area contributed by atoms with Gasteiger partial charge in [0.1, 0.15) is 5.52 Å². The summed E-state index contributed by atoms with van der Waals surface area (Å²) in [6, 6.07) is 22.0. The van der Waals surface area contributed by atoms with Gasteiger partial charge in [0.15, 0.2) is 5.76 Å². The molecule has 3 aromatic carbocycles. The fourth-order valence-electron chi connectivity index (χ4n) is 3.39. The molecule has 2 heterocycles. The number of rotatable bonds is 3. The zero-order valence-corrected chi connectivity index (χ0v) is 15.7. The van der Waals surface area contributed by atoms with E-state index in [9.17, 15) is 9.59 Å². The number of fused-ring (bicyclic) bond motifs is 2. The largest absolute Gasteiger partial charge is 0.360 e. The standard InChI is InChI=1S/C23H16N4O3/c28-22(25-26-23(29)18-13-24-19-9-5-4-8-16(18)19)15-10-11-20-17(12-15)21(30-27-20)14-6-2-1-3-7-14/h1-13,24H,(H,25,28)(H,26,29). The molecule has 0 saturated carbocycles. The number of nitrogens with zero attached hydrogens (tertiary/aromatic N) is 1. The molecule has 0 unspecified atom stereocenters. The number of hydrogen-bond acceptors (Lipinski definition) is 4. The average molecular weight is 396 g/mol. The predicted octanol–water partition coefficient (Wildman–Crippen LogP) is 4.05. The number of carbonyl (C=O) groups excluding carboxylic acids is 2. The van der Waals surface area contributed by atoms with Gasteiger partial charge in [0.25, 0.3) is 11.8 Å². The van der Waals surface area contributed by atoms with Gasteiger partial charge in [-0.3, -0.25) is 20.4 Å². The molecule has 0 radical (unpaired) electrons. The van der Waals surface area contributed by atoms with Gasteiger partial charge in [-0.1, -0.05) is 53.7 Å². The average Bonchev–Trinajstić information content (AvgIpc) is 3.41. The highest BCUT2D eigenvalue weighted by molar-refractivity contribution is 6.08. The summed E-state index contributed by atoms with van der Waals surface area (Å²) in [6.07, 6.45) is 1.61. The summed E-state index contributed by atoms with van der Waals surface area (Å²) in [5.74, 6) is -0.259. The van der Waals surface area contributed by atoms with Gasteiger partial charge < -0.3 is 9.51 Å². The van der Waals surface area contributed by atoms with Crippen LogP contribution in [0.15, 0.2) is 83.5 Å². The SMILES string of the molecule is O=C(NNC(=O)c1c[nH]c2ccccc12)c1ccc2noc(-c3ccccc3)c2c1. The van der Waals surface area contributed by atoms with Crippen LogP contribution in [0.2, 0.25) is 0 Å². The van der Waals surface area contributed by atoms with Crippen molar-refractivity contribution in [2.24, 2.45) is 0 Å². The predicted molar refractivity (Wildman–Crippen MR) is 113 cm³/mol. The van der Waals surface area contributed by atoms with Gasteiger partial charge in [0.05, 0.1) is 10.9 Å². The minimum Gasteiger partial charge on any atom is -0.360 e. The third-order valence-electron chi connectivity index (χ3n) is 4.90. The third-order valence-corrected chi connectivity index (χ3v) is 4.90. The molecule has 0 aliphatic heterocycles. The van der Waals surface area contributed by atoms with Gasteiger partial charge in [0, 0.05) is 28.2 Å². The van der Waals surface area contributed by atoms with Crippen LogP contribution < -0.4 is 10.9 Å². The van der Waals surface area contributed by atoms with Crippen LogP contribution in [0.3, 0.4) is 0 Å². The summed E-state index contributed by atoms with van der Waals surface area (Å²) in [6.45, 7) is 0. The number of H-pyrrole nitrogens is 1. The minimum absolute atomic E-state index is 0.377. The summed E-state index contributed by atoms with van der Waals surface area (Å²) in [5, 5.41) is 5.55. The van der Waals surface area contributed by atoms with E-state index in [0.717, 1.165) is 21.9 Å². The summed E-state index contributed by atoms with van der Waals surface area (Å²) in [7, 11) is 0. The first-order valence-electron chi connectivity index (χ1n) is 9.32. The molecule has 0 spiro atoms. The maximum absolute atomic E-state index is 12.6. The Morgan fingerprint density at radius 2 is 1.60 bits per heavy atom. The van der Waals surface area contributed by atoms with Crippen LogP contribution in [0.1, 0.15) is 20.7 Å². The number of amides is 2. The van der Waals surface area contributed by atoms with Gasteiger partial charge in [-0.15, -0.1) is 0 Å². The fourth-order valence-corrected chi connectivity index (χ4v) is 3.39. The molecule has 0 aliphatic rings. The van der Waals surface area contributed by atoms with E-state index in [1.54, 1.807) is 24.4 Å². The molecule has 5 rings (SSSR count).